The zero-order chi connectivity index (χ0) is 19.9. The normalized spacial score (nSPS) is 15.2. The summed E-state index contributed by atoms with van der Waals surface area (Å²) in [5.74, 6) is 0.941. The lowest BCUT2D eigenvalue weighted by atomic mass is 10.1. The molecule has 1 fully saturated rings. The number of halogens is 1. The lowest BCUT2D eigenvalue weighted by Gasteiger charge is -2.23. The van der Waals surface area contributed by atoms with Crippen LogP contribution < -0.4 is 9.47 Å². The average molecular weight is 403 g/mol. The molecule has 1 heterocycles. The molecule has 0 N–H and O–H groups in total. The predicted octanol–water partition coefficient (Wildman–Crippen LogP) is 4.10. The van der Waals surface area contributed by atoms with E-state index in [1.807, 2.05) is 17.9 Å². The molecule has 1 aliphatic rings. The summed E-state index contributed by atoms with van der Waals surface area (Å²) in [6.07, 6.45) is 0.945. The van der Waals surface area contributed by atoms with Gasteiger partial charge in [-0.3, -0.25) is 9.69 Å². The van der Waals surface area contributed by atoms with E-state index < -0.39 is 0 Å². The van der Waals surface area contributed by atoms with Gasteiger partial charge < -0.3 is 14.4 Å². The van der Waals surface area contributed by atoms with E-state index in [1.165, 1.54) is 5.56 Å². The largest absolute Gasteiger partial charge is 0.493 e. The van der Waals surface area contributed by atoms with E-state index in [2.05, 4.69) is 29.2 Å². The zero-order valence-corrected chi connectivity index (χ0v) is 17.2. The number of benzene rings is 2. The highest BCUT2D eigenvalue weighted by atomic mass is 35.5. The van der Waals surface area contributed by atoms with E-state index in [0.29, 0.717) is 35.2 Å². The maximum absolute atomic E-state index is 13.1. The standard InChI is InChI=1S/C22H27ClN2O3/c1-3-28-21-19(23)14-18(15-20(21)27-2)22(26)25-11-7-10-24(12-13-25)16-17-8-5-4-6-9-17/h4-6,8-9,14-15H,3,7,10-13,16H2,1-2H3. The average Bonchev–Trinajstić information content (AvgIpc) is 2.95. The minimum absolute atomic E-state index is 0.0233. The minimum atomic E-state index is -0.0233. The predicted molar refractivity (Wildman–Crippen MR) is 111 cm³/mol. The minimum Gasteiger partial charge on any atom is -0.493 e. The van der Waals surface area contributed by atoms with E-state index in [1.54, 1.807) is 19.2 Å². The number of rotatable bonds is 6. The first kappa shape index (κ1) is 20.5. The van der Waals surface area contributed by atoms with Crippen LogP contribution in [-0.4, -0.2) is 55.6 Å². The summed E-state index contributed by atoms with van der Waals surface area (Å²) in [7, 11) is 1.55. The van der Waals surface area contributed by atoms with Crippen molar-refractivity contribution in [1.82, 2.24) is 9.80 Å². The van der Waals surface area contributed by atoms with Crippen LogP contribution in [0.5, 0.6) is 11.5 Å². The highest BCUT2D eigenvalue weighted by Gasteiger charge is 2.23. The fourth-order valence-corrected chi connectivity index (χ4v) is 3.75. The molecule has 0 radical (unpaired) electrons. The summed E-state index contributed by atoms with van der Waals surface area (Å²) >= 11 is 6.34. The molecule has 0 unspecified atom stereocenters. The van der Waals surface area contributed by atoms with Gasteiger partial charge in [0.05, 0.1) is 18.7 Å². The van der Waals surface area contributed by atoms with Gasteiger partial charge in [0.2, 0.25) is 0 Å². The molecule has 5 nitrogen and oxygen atoms in total. The Hall–Kier alpha value is -2.24. The molecule has 28 heavy (non-hydrogen) atoms. The second kappa shape index (κ2) is 9.80. The first-order chi connectivity index (χ1) is 13.6. The molecule has 2 aromatic carbocycles. The van der Waals surface area contributed by atoms with Crippen LogP contribution >= 0.6 is 11.6 Å². The summed E-state index contributed by atoms with van der Waals surface area (Å²) in [5, 5.41) is 0.394. The van der Waals surface area contributed by atoms with Crippen molar-refractivity contribution < 1.29 is 14.3 Å². The van der Waals surface area contributed by atoms with Gasteiger partial charge in [0, 0.05) is 38.3 Å². The molecular weight excluding hydrogens is 376 g/mol. The van der Waals surface area contributed by atoms with Crippen LogP contribution in [-0.2, 0) is 6.54 Å². The first-order valence-electron chi connectivity index (χ1n) is 9.68. The van der Waals surface area contributed by atoms with Gasteiger partial charge in [-0.2, -0.15) is 0 Å². The van der Waals surface area contributed by atoms with Crippen molar-refractivity contribution in [1.29, 1.82) is 0 Å². The summed E-state index contributed by atoms with van der Waals surface area (Å²) in [4.78, 5) is 17.4. The van der Waals surface area contributed by atoms with Crippen molar-refractivity contribution >= 4 is 17.5 Å². The molecule has 1 amide bonds. The van der Waals surface area contributed by atoms with Crippen LogP contribution in [0.4, 0.5) is 0 Å². The highest BCUT2D eigenvalue weighted by molar-refractivity contribution is 6.32. The quantitative estimate of drug-likeness (QED) is 0.729. The second-order valence-corrected chi connectivity index (χ2v) is 7.24. The number of carbonyl (C=O) groups is 1. The highest BCUT2D eigenvalue weighted by Crippen LogP contribution is 2.36. The Labute approximate surface area is 171 Å². The number of hydrogen-bond donors (Lipinski definition) is 0. The Bertz CT molecular complexity index is 798. The number of carbonyl (C=O) groups excluding carboxylic acids is 1. The fourth-order valence-electron chi connectivity index (χ4n) is 3.48. The Balaban J connectivity index is 1.68. The summed E-state index contributed by atoms with van der Waals surface area (Å²) in [6.45, 7) is 6.52. The number of amides is 1. The lowest BCUT2D eigenvalue weighted by molar-refractivity contribution is 0.0760. The second-order valence-electron chi connectivity index (χ2n) is 6.83. The molecule has 2 aromatic rings. The van der Waals surface area contributed by atoms with Gasteiger partial charge in [-0.15, -0.1) is 0 Å². The molecule has 0 saturated carbocycles. The molecule has 0 aliphatic carbocycles. The van der Waals surface area contributed by atoms with Crippen LogP contribution in [0, 0.1) is 0 Å². The summed E-state index contributed by atoms with van der Waals surface area (Å²) in [5.41, 5.74) is 1.83. The Kier molecular flexibility index (Phi) is 7.18. The van der Waals surface area contributed by atoms with Gasteiger partial charge >= 0.3 is 0 Å². The number of ether oxygens (including phenoxy) is 2. The molecule has 1 aliphatic heterocycles. The number of methoxy groups -OCH3 is 1. The Morgan fingerprint density at radius 2 is 1.89 bits per heavy atom. The molecule has 6 heteroatoms. The van der Waals surface area contributed by atoms with Crippen molar-refractivity contribution in [3.63, 3.8) is 0 Å². The third-order valence-electron chi connectivity index (χ3n) is 4.89. The van der Waals surface area contributed by atoms with Crippen molar-refractivity contribution in [2.45, 2.75) is 19.9 Å². The number of hydrogen-bond acceptors (Lipinski definition) is 4. The number of nitrogens with zero attached hydrogens (tertiary/aromatic N) is 2. The topological polar surface area (TPSA) is 42.0 Å². The van der Waals surface area contributed by atoms with Crippen molar-refractivity contribution in [2.24, 2.45) is 0 Å². The molecule has 0 spiro atoms. The van der Waals surface area contributed by atoms with Crippen molar-refractivity contribution in [3.8, 4) is 11.5 Å². The van der Waals surface area contributed by atoms with E-state index in [4.69, 9.17) is 21.1 Å². The molecule has 1 saturated heterocycles. The van der Waals surface area contributed by atoms with Gasteiger partial charge in [-0.05, 0) is 31.0 Å². The molecule has 0 aromatic heterocycles. The third-order valence-corrected chi connectivity index (χ3v) is 5.17. The molecule has 3 rings (SSSR count). The summed E-state index contributed by atoms with van der Waals surface area (Å²) in [6, 6.07) is 13.8. The van der Waals surface area contributed by atoms with Crippen LogP contribution in [0.1, 0.15) is 29.3 Å². The van der Waals surface area contributed by atoms with Gasteiger partial charge in [0.25, 0.3) is 5.91 Å². The van der Waals surface area contributed by atoms with E-state index in [-0.39, 0.29) is 5.91 Å². The van der Waals surface area contributed by atoms with E-state index in [9.17, 15) is 4.79 Å². The fraction of sp³-hybridized carbons (Fsp3) is 0.409. The van der Waals surface area contributed by atoms with Crippen LogP contribution in [0.15, 0.2) is 42.5 Å². The molecule has 150 valence electrons. The van der Waals surface area contributed by atoms with E-state index >= 15 is 0 Å². The van der Waals surface area contributed by atoms with Gasteiger partial charge in [-0.1, -0.05) is 41.9 Å². The Morgan fingerprint density at radius 3 is 2.61 bits per heavy atom. The Morgan fingerprint density at radius 1 is 1.11 bits per heavy atom. The van der Waals surface area contributed by atoms with Crippen LogP contribution in [0.2, 0.25) is 5.02 Å². The lowest BCUT2D eigenvalue weighted by Crippen LogP contribution is -2.35. The summed E-state index contributed by atoms with van der Waals surface area (Å²) < 4.78 is 10.9. The smallest absolute Gasteiger partial charge is 0.254 e. The van der Waals surface area contributed by atoms with Gasteiger partial charge in [0.15, 0.2) is 11.5 Å². The van der Waals surface area contributed by atoms with Crippen LogP contribution in [0.25, 0.3) is 0 Å². The van der Waals surface area contributed by atoms with Crippen molar-refractivity contribution in [3.05, 3.63) is 58.6 Å². The van der Waals surface area contributed by atoms with Crippen molar-refractivity contribution in [2.75, 3.05) is 39.9 Å². The maximum Gasteiger partial charge on any atom is 0.254 e. The van der Waals surface area contributed by atoms with E-state index in [0.717, 1.165) is 32.6 Å². The van der Waals surface area contributed by atoms with Gasteiger partial charge in [-0.25, -0.2) is 0 Å². The van der Waals surface area contributed by atoms with Crippen LogP contribution in [0.3, 0.4) is 0 Å². The third kappa shape index (κ3) is 4.97. The first-order valence-corrected chi connectivity index (χ1v) is 10.1. The molecule has 0 bridgehead atoms. The monoisotopic (exact) mass is 402 g/mol. The molecular formula is C22H27ClN2O3. The van der Waals surface area contributed by atoms with Gasteiger partial charge in [0.1, 0.15) is 0 Å². The molecule has 0 atom stereocenters. The maximum atomic E-state index is 13.1. The zero-order valence-electron chi connectivity index (χ0n) is 16.5. The SMILES string of the molecule is CCOc1c(Cl)cc(C(=O)N2CCCN(Cc3ccccc3)CC2)cc1OC.